The summed E-state index contributed by atoms with van der Waals surface area (Å²) in [4.78, 5) is 21.2. The molecule has 0 saturated carbocycles. The average Bonchev–Trinajstić information content (AvgIpc) is 2.70. The number of halogens is 3. The van der Waals surface area contributed by atoms with Crippen molar-refractivity contribution in [2.75, 3.05) is 6.61 Å². The molecule has 2 aliphatic rings. The smallest absolute Gasteiger partial charge is 0.430 e. The van der Waals surface area contributed by atoms with E-state index in [1.165, 1.54) is 0 Å². The van der Waals surface area contributed by atoms with Crippen LogP contribution in [0.2, 0.25) is 0 Å². The third-order valence-electron chi connectivity index (χ3n) is 2.06. The maximum atomic E-state index is 12.4. The quantitative estimate of drug-likeness (QED) is 0.638. The first-order chi connectivity index (χ1) is 7.38. The molecule has 2 aliphatic heterocycles. The Hall–Kier alpha value is -1.67. The fourth-order valence-electron chi connectivity index (χ4n) is 1.40. The molecule has 2 heterocycles. The number of ether oxygens (including phenoxy) is 4. The summed E-state index contributed by atoms with van der Waals surface area (Å²) in [5.74, 6) is 0. The Labute approximate surface area is 86.2 Å². The molecular formula is C7H5F3O6. The normalized spacial score (nSPS) is 34.1. The summed E-state index contributed by atoms with van der Waals surface area (Å²) >= 11 is 0. The summed E-state index contributed by atoms with van der Waals surface area (Å²) in [7, 11) is 0. The molecule has 0 aromatic heterocycles. The number of alkyl halides is 3. The van der Waals surface area contributed by atoms with Crippen LogP contribution in [0.15, 0.2) is 0 Å². The second-order valence-electron chi connectivity index (χ2n) is 3.13. The maximum Gasteiger partial charge on any atom is 0.509 e. The fourth-order valence-corrected chi connectivity index (χ4v) is 1.40. The van der Waals surface area contributed by atoms with Crippen LogP contribution >= 0.6 is 0 Å². The van der Waals surface area contributed by atoms with Crippen LogP contribution in [0.4, 0.5) is 22.8 Å². The van der Waals surface area contributed by atoms with Crippen molar-refractivity contribution in [1.82, 2.24) is 0 Å². The van der Waals surface area contributed by atoms with Gasteiger partial charge in [-0.15, -0.1) is 0 Å². The van der Waals surface area contributed by atoms with Gasteiger partial charge in [-0.25, -0.2) is 9.59 Å². The second kappa shape index (κ2) is 3.42. The lowest BCUT2D eigenvalue weighted by Gasteiger charge is -2.20. The molecule has 0 amide bonds. The van der Waals surface area contributed by atoms with E-state index in [4.69, 9.17) is 0 Å². The topological polar surface area (TPSA) is 71.1 Å². The van der Waals surface area contributed by atoms with Crippen LogP contribution in [0, 0.1) is 0 Å². The van der Waals surface area contributed by atoms with E-state index >= 15 is 0 Å². The highest BCUT2D eigenvalue weighted by Crippen LogP contribution is 2.34. The van der Waals surface area contributed by atoms with Crippen molar-refractivity contribution >= 4 is 12.3 Å². The molecule has 0 N–H and O–H groups in total. The molecule has 16 heavy (non-hydrogen) atoms. The van der Waals surface area contributed by atoms with Gasteiger partial charge in [-0.05, 0) is 0 Å². The number of cyclic esters (lactones) is 4. The van der Waals surface area contributed by atoms with Crippen LogP contribution in [0.5, 0.6) is 0 Å². The van der Waals surface area contributed by atoms with Gasteiger partial charge >= 0.3 is 18.5 Å². The Morgan fingerprint density at radius 1 is 1.06 bits per heavy atom. The number of carbonyl (C=O) groups is 2. The van der Waals surface area contributed by atoms with Gasteiger partial charge in [-0.3, -0.25) is 0 Å². The van der Waals surface area contributed by atoms with Crippen LogP contribution in [-0.4, -0.2) is 43.4 Å². The van der Waals surface area contributed by atoms with Gasteiger partial charge in [0.1, 0.15) is 6.61 Å². The third kappa shape index (κ3) is 1.84. The second-order valence-corrected chi connectivity index (χ2v) is 3.13. The standard InChI is InChI=1S/C7H5F3O6/c8-7(9,10)4-3(15-6(12)16-4)2-1-13-5(11)14-2/h2-4H,1H2. The number of hydrogen-bond donors (Lipinski definition) is 0. The van der Waals surface area contributed by atoms with Gasteiger partial charge < -0.3 is 18.9 Å². The summed E-state index contributed by atoms with van der Waals surface area (Å²) in [6.07, 6.45) is -12.8. The van der Waals surface area contributed by atoms with Crippen molar-refractivity contribution in [1.29, 1.82) is 0 Å². The van der Waals surface area contributed by atoms with Gasteiger partial charge in [0.2, 0.25) is 6.10 Å². The Balaban J connectivity index is 2.13. The molecule has 0 bridgehead atoms. The SMILES string of the molecule is O=C1OCC(C2OC(=O)OC2C(F)(F)F)O1. The molecule has 0 aromatic carbocycles. The molecule has 2 saturated heterocycles. The third-order valence-corrected chi connectivity index (χ3v) is 2.06. The van der Waals surface area contributed by atoms with E-state index < -0.39 is 43.4 Å². The van der Waals surface area contributed by atoms with Crippen LogP contribution < -0.4 is 0 Å². The molecule has 9 heteroatoms. The Bertz CT molecular complexity index is 327. The molecule has 0 spiro atoms. The monoisotopic (exact) mass is 242 g/mol. The van der Waals surface area contributed by atoms with Crippen molar-refractivity contribution < 1.29 is 41.7 Å². The average molecular weight is 242 g/mol. The van der Waals surface area contributed by atoms with Crippen molar-refractivity contribution in [2.45, 2.75) is 24.5 Å². The van der Waals surface area contributed by atoms with E-state index in [1.807, 2.05) is 0 Å². The minimum atomic E-state index is -4.79. The number of carbonyl (C=O) groups excluding carboxylic acids is 2. The predicted molar refractivity (Wildman–Crippen MR) is 37.4 cm³/mol. The van der Waals surface area contributed by atoms with Crippen LogP contribution in [0.1, 0.15) is 0 Å². The molecule has 2 rings (SSSR count). The molecule has 6 nitrogen and oxygen atoms in total. The van der Waals surface area contributed by atoms with Gasteiger partial charge in [0.15, 0.2) is 12.2 Å². The summed E-state index contributed by atoms with van der Waals surface area (Å²) in [6, 6.07) is 0. The van der Waals surface area contributed by atoms with E-state index in [0.29, 0.717) is 0 Å². The van der Waals surface area contributed by atoms with E-state index in [9.17, 15) is 22.8 Å². The van der Waals surface area contributed by atoms with Crippen molar-refractivity contribution in [3.05, 3.63) is 0 Å². The highest BCUT2D eigenvalue weighted by molar-refractivity contribution is 5.64. The molecule has 3 atom stereocenters. The minimum Gasteiger partial charge on any atom is -0.430 e. The van der Waals surface area contributed by atoms with Gasteiger partial charge in [0.05, 0.1) is 0 Å². The zero-order chi connectivity index (χ0) is 11.9. The first-order valence-electron chi connectivity index (χ1n) is 4.15. The summed E-state index contributed by atoms with van der Waals surface area (Å²) < 4.78 is 54.1. The van der Waals surface area contributed by atoms with Gasteiger partial charge in [0.25, 0.3) is 0 Å². The number of hydrogen-bond acceptors (Lipinski definition) is 6. The van der Waals surface area contributed by atoms with Crippen molar-refractivity contribution in [3.63, 3.8) is 0 Å². The molecule has 90 valence electrons. The lowest BCUT2D eigenvalue weighted by Crippen LogP contribution is -2.45. The molecular weight excluding hydrogens is 237 g/mol. The van der Waals surface area contributed by atoms with Crippen molar-refractivity contribution in [2.24, 2.45) is 0 Å². The maximum absolute atomic E-state index is 12.4. The molecule has 2 fully saturated rings. The van der Waals surface area contributed by atoms with E-state index in [0.717, 1.165) is 0 Å². The van der Waals surface area contributed by atoms with Gasteiger partial charge in [-0.2, -0.15) is 13.2 Å². The number of rotatable bonds is 1. The highest BCUT2D eigenvalue weighted by atomic mass is 19.4. The predicted octanol–water partition coefficient (Wildman–Crippen LogP) is 0.988. The highest BCUT2D eigenvalue weighted by Gasteiger charge is 2.59. The zero-order valence-electron chi connectivity index (χ0n) is 7.52. The van der Waals surface area contributed by atoms with Gasteiger partial charge in [0, 0.05) is 0 Å². The zero-order valence-corrected chi connectivity index (χ0v) is 7.52. The Morgan fingerprint density at radius 2 is 1.75 bits per heavy atom. The summed E-state index contributed by atoms with van der Waals surface area (Å²) in [5.41, 5.74) is 0. The fraction of sp³-hybridized carbons (Fsp3) is 0.714. The largest absolute Gasteiger partial charge is 0.509 e. The van der Waals surface area contributed by atoms with E-state index in [-0.39, 0.29) is 0 Å². The molecule has 3 unspecified atom stereocenters. The van der Waals surface area contributed by atoms with Gasteiger partial charge in [-0.1, -0.05) is 0 Å². The molecule has 0 aliphatic carbocycles. The van der Waals surface area contributed by atoms with Crippen LogP contribution in [0.3, 0.4) is 0 Å². The minimum absolute atomic E-state index is 0.410. The lowest BCUT2D eigenvalue weighted by atomic mass is 10.1. The molecule has 0 aromatic rings. The molecule has 0 radical (unpaired) electrons. The lowest BCUT2D eigenvalue weighted by molar-refractivity contribution is -0.209. The first kappa shape index (κ1) is 10.8. The first-order valence-corrected chi connectivity index (χ1v) is 4.15. The summed E-state index contributed by atoms with van der Waals surface area (Å²) in [6.45, 7) is -0.410. The van der Waals surface area contributed by atoms with Crippen molar-refractivity contribution in [3.8, 4) is 0 Å². The Kier molecular flexibility index (Phi) is 2.32. The Morgan fingerprint density at radius 3 is 2.25 bits per heavy atom. The van der Waals surface area contributed by atoms with Crippen LogP contribution in [-0.2, 0) is 18.9 Å². The van der Waals surface area contributed by atoms with Crippen LogP contribution in [0.25, 0.3) is 0 Å². The summed E-state index contributed by atoms with van der Waals surface area (Å²) in [5, 5.41) is 0. The van der Waals surface area contributed by atoms with E-state index in [2.05, 4.69) is 18.9 Å². The van der Waals surface area contributed by atoms with E-state index in [1.54, 1.807) is 0 Å².